The monoisotopic (exact) mass is 224 g/mol. The molecular weight excluding hydrogens is 200 g/mol. The lowest BCUT2D eigenvalue weighted by Gasteiger charge is -2.32. The predicted molar refractivity (Wildman–Crippen MR) is 63.2 cm³/mol. The maximum Gasteiger partial charge on any atom is 0.0678 e. The number of hydrogen-bond acceptors (Lipinski definition) is 2. The van der Waals surface area contributed by atoms with E-state index in [2.05, 4.69) is 0 Å². The quantitative estimate of drug-likeness (QED) is 0.795. The van der Waals surface area contributed by atoms with Gasteiger partial charge >= 0.3 is 0 Å². The van der Waals surface area contributed by atoms with Crippen LogP contribution < -0.4 is 0 Å². The third kappa shape index (κ3) is 2.02. The molecule has 2 bridgehead atoms. The molecule has 0 amide bonds. The molecule has 0 spiro atoms. The van der Waals surface area contributed by atoms with E-state index in [1.807, 2.05) is 0 Å². The first-order valence-electron chi connectivity index (χ1n) is 7.10. The molecule has 0 aromatic carbocycles. The molecule has 92 valence electrons. The van der Waals surface area contributed by atoms with Crippen LogP contribution in [0.2, 0.25) is 0 Å². The molecule has 3 aliphatic rings. The molecule has 2 heteroatoms. The van der Waals surface area contributed by atoms with Crippen LogP contribution in [0.15, 0.2) is 0 Å². The molecule has 1 N–H and O–H groups in total. The predicted octanol–water partition coefficient (Wildman–Crippen LogP) is 2.89. The van der Waals surface area contributed by atoms with Crippen molar-refractivity contribution in [3.63, 3.8) is 0 Å². The topological polar surface area (TPSA) is 29.5 Å². The zero-order chi connectivity index (χ0) is 11.0. The summed E-state index contributed by atoms with van der Waals surface area (Å²) in [5, 5.41) is 10.6. The Bertz CT molecular complexity index is 247. The summed E-state index contributed by atoms with van der Waals surface area (Å²) in [6, 6.07) is 0. The molecule has 2 saturated carbocycles. The molecule has 1 aliphatic heterocycles. The summed E-state index contributed by atoms with van der Waals surface area (Å²) in [5.41, 5.74) is -0.290. The Balaban J connectivity index is 1.44. The van der Waals surface area contributed by atoms with E-state index >= 15 is 0 Å². The summed E-state index contributed by atoms with van der Waals surface area (Å²) in [4.78, 5) is 0. The van der Waals surface area contributed by atoms with Crippen molar-refractivity contribution in [2.75, 3.05) is 6.61 Å². The standard InChI is InChI=1S/C14H24O2/c15-14(10-11-5-6-12(14)9-11)7-1-3-13-4-2-8-16-13/h11-13,15H,1-10H2. The highest BCUT2D eigenvalue weighted by molar-refractivity contribution is 5.00. The molecule has 2 aliphatic carbocycles. The van der Waals surface area contributed by atoms with Crippen molar-refractivity contribution in [1.29, 1.82) is 0 Å². The summed E-state index contributed by atoms with van der Waals surface area (Å²) < 4.78 is 5.63. The van der Waals surface area contributed by atoms with Gasteiger partial charge in [0.1, 0.15) is 0 Å². The van der Waals surface area contributed by atoms with Gasteiger partial charge in [-0.2, -0.15) is 0 Å². The van der Waals surface area contributed by atoms with Crippen molar-refractivity contribution in [1.82, 2.24) is 0 Å². The molecule has 0 aromatic rings. The van der Waals surface area contributed by atoms with Gasteiger partial charge in [-0.15, -0.1) is 0 Å². The lowest BCUT2D eigenvalue weighted by atomic mass is 9.80. The first-order valence-corrected chi connectivity index (χ1v) is 7.10. The van der Waals surface area contributed by atoms with Gasteiger partial charge in [-0.3, -0.25) is 0 Å². The van der Waals surface area contributed by atoms with Gasteiger partial charge in [0.2, 0.25) is 0 Å². The second kappa shape index (κ2) is 4.30. The van der Waals surface area contributed by atoms with Crippen LogP contribution in [0.1, 0.15) is 57.8 Å². The van der Waals surface area contributed by atoms with Gasteiger partial charge in [-0.1, -0.05) is 0 Å². The van der Waals surface area contributed by atoms with Crippen LogP contribution in [-0.2, 0) is 4.74 Å². The van der Waals surface area contributed by atoms with Gasteiger partial charge in [-0.25, -0.2) is 0 Å². The average Bonchev–Trinajstić information content (AvgIpc) is 2.92. The maximum atomic E-state index is 10.6. The van der Waals surface area contributed by atoms with Gasteiger partial charge in [0.25, 0.3) is 0 Å². The summed E-state index contributed by atoms with van der Waals surface area (Å²) in [6.45, 7) is 0.958. The van der Waals surface area contributed by atoms with E-state index in [0.717, 1.165) is 31.8 Å². The number of rotatable bonds is 4. The maximum absolute atomic E-state index is 10.6. The molecule has 4 unspecified atom stereocenters. The Kier molecular flexibility index (Phi) is 2.97. The lowest BCUT2D eigenvalue weighted by Crippen LogP contribution is -2.35. The van der Waals surface area contributed by atoms with Crippen LogP contribution in [-0.4, -0.2) is 23.4 Å². The second-order valence-corrected chi connectivity index (χ2v) is 6.21. The molecule has 3 fully saturated rings. The fourth-order valence-corrected chi connectivity index (χ4v) is 4.23. The largest absolute Gasteiger partial charge is 0.390 e. The Morgan fingerprint density at radius 1 is 1.25 bits per heavy atom. The van der Waals surface area contributed by atoms with E-state index in [1.165, 1.54) is 38.5 Å². The number of hydrogen-bond donors (Lipinski definition) is 1. The van der Waals surface area contributed by atoms with Crippen molar-refractivity contribution < 1.29 is 9.84 Å². The SMILES string of the molecule is OC1(CCCC2CCCO2)CC2CCC1C2. The Morgan fingerprint density at radius 3 is 2.81 bits per heavy atom. The molecule has 4 atom stereocenters. The molecule has 1 saturated heterocycles. The summed E-state index contributed by atoms with van der Waals surface area (Å²) >= 11 is 0. The van der Waals surface area contributed by atoms with E-state index in [0.29, 0.717) is 12.0 Å². The van der Waals surface area contributed by atoms with Crippen molar-refractivity contribution in [2.24, 2.45) is 11.8 Å². The zero-order valence-corrected chi connectivity index (χ0v) is 10.2. The average molecular weight is 224 g/mol. The van der Waals surface area contributed by atoms with Crippen LogP contribution in [0.3, 0.4) is 0 Å². The van der Waals surface area contributed by atoms with Gasteiger partial charge in [0, 0.05) is 6.61 Å². The Labute approximate surface area is 98.4 Å². The normalized spacial score (nSPS) is 46.7. The third-order valence-electron chi connectivity index (χ3n) is 5.10. The van der Waals surface area contributed by atoms with Crippen LogP contribution >= 0.6 is 0 Å². The summed E-state index contributed by atoms with van der Waals surface area (Å²) in [6.07, 6.45) is 11.4. The van der Waals surface area contributed by atoms with Crippen LogP contribution in [0.5, 0.6) is 0 Å². The summed E-state index contributed by atoms with van der Waals surface area (Å²) in [5.74, 6) is 1.47. The first-order chi connectivity index (χ1) is 7.76. The number of aliphatic hydroxyl groups is 1. The Hall–Kier alpha value is -0.0800. The molecule has 0 radical (unpaired) electrons. The molecular formula is C14H24O2. The second-order valence-electron chi connectivity index (χ2n) is 6.21. The van der Waals surface area contributed by atoms with Gasteiger partial charge < -0.3 is 9.84 Å². The van der Waals surface area contributed by atoms with E-state index < -0.39 is 0 Å². The summed E-state index contributed by atoms with van der Waals surface area (Å²) in [7, 11) is 0. The fourth-order valence-electron chi connectivity index (χ4n) is 4.23. The minimum atomic E-state index is -0.290. The molecule has 3 rings (SSSR count). The fraction of sp³-hybridized carbons (Fsp3) is 1.00. The van der Waals surface area contributed by atoms with E-state index in [1.54, 1.807) is 0 Å². The molecule has 2 nitrogen and oxygen atoms in total. The van der Waals surface area contributed by atoms with Crippen molar-refractivity contribution in [3.05, 3.63) is 0 Å². The minimum absolute atomic E-state index is 0.290. The van der Waals surface area contributed by atoms with E-state index in [9.17, 15) is 5.11 Å². The molecule has 1 heterocycles. The van der Waals surface area contributed by atoms with Crippen LogP contribution in [0.25, 0.3) is 0 Å². The molecule has 0 aromatic heterocycles. The van der Waals surface area contributed by atoms with Gasteiger partial charge in [-0.05, 0) is 69.6 Å². The van der Waals surface area contributed by atoms with Gasteiger partial charge in [0.05, 0.1) is 11.7 Å². The van der Waals surface area contributed by atoms with Crippen molar-refractivity contribution >= 4 is 0 Å². The lowest BCUT2D eigenvalue weighted by molar-refractivity contribution is -0.0252. The van der Waals surface area contributed by atoms with E-state index in [4.69, 9.17) is 4.74 Å². The minimum Gasteiger partial charge on any atom is -0.390 e. The highest BCUT2D eigenvalue weighted by atomic mass is 16.5. The number of fused-ring (bicyclic) bond motifs is 2. The highest BCUT2D eigenvalue weighted by Crippen LogP contribution is 2.52. The number of ether oxygens (including phenoxy) is 1. The van der Waals surface area contributed by atoms with Crippen molar-refractivity contribution in [2.45, 2.75) is 69.5 Å². The zero-order valence-electron chi connectivity index (χ0n) is 10.2. The highest BCUT2D eigenvalue weighted by Gasteiger charge is 2.49. The first kappa shape index (κ1) is 11.0. The Morgan fingerprint density at radius 2 is 2.19 bits per heavy atom. The van der Waals surface area contributed by atoms with Gasteiger partial charge in [0.15, 0.2) is 0 Å². The molecule has 16 heavy (non-hydrogen) atoms. The van der Waals surface area contributed by atoms with Crippen LogP contribution in [0, 0.1) is 11.8 Å². The van der Waals surface area contributed by atoms with Crippen molar-refractivity contribution in [3.8, 4) is 0 Å². The third-order valence-corrected chi connectivity index (χ3v) is 5.10. The van der Waals surface area contributed by atoms with E-state index in [-0.39, 0.29) is 5.60 Å². The smallest absolute Gasteiger partial charge is 0.0678 e. The van der Waals surface area contributed by atoms with Crippen LogP contribution in [0.4, 0.5) is 0 Å².